The molecule has 6 nitrogen and oxygen atoms in total. The minimum atomic E-state index is -3.20. The number of carbonyl (C=O) groups excluding carboxylic acids is 1. The van der Waals surface area contributed by atoms with Crippen molar-refractivity contribution in [3.8, 4) is 0 Å². The molecule has 2 aromatic rings. The molecular formula is C16H18N2O4S. The highest BCUT2D eigenvalue weighted by Crippen LogP contribution is 2.24. The Labute approximate surface area is 135 Å². The quantitative estimate of drug-likeness (QED) is 0.930. The summed E-state index contributed by atoms with van der Waals surface area (Å²) < 4.78 is 30.4. The maximum atomic E-state index is 12.2. The van der Waals surface area contributed by atoms with Crippen LogP contribution in [0.4, 0.5) is 5.69 Å². The lowest BCUT2D eigenvalue weighted by atomic mass is 10.1. The van der Waals surface area contributed by atoms with Crippen LogP contribution in [0, 0.1) is 0 Å². The lowest BCUT2D eigenvalue weighted by Gasteiger charge is -2.17. The molecule has 2 heterocycles. The first-order valence-corrected chi connectivity index (χ1v) is 9.03. The molecule has 0 saturated carbocycles. The fraction of sp³-hybridized carbons (Fsp3) is 0.312. The van der Waals surface area contributed by atoms with E-state index in [9.17, 15) is 13.2 Å². The van der Waals surface area contributed by atoms with Crippen LogP contribution in [0.5, 0.6) is 0 Å². The zero-order valence-electron chi connectivity index (χ0n) is 12.7. The molecule has 0 spiro atoms. The Bertz CT molecular complexity index is 782. The number of furan rings is 1. The molecule has 3 rings (SSSR count). The van der Waals surface area contributed by atoms with Crippen LogP contribution >= 0.6 is 0 Å². The summed E-state index contributed by atoms with van der Waals surface area (Å²) in [5.41, 5.74) is 1.07. The number of anilines is 1. The van der Waals surface area contributed by atoms with Crippen LogP contribution < -0.4 is 9.62 Å². The van der Waals surface area contributed by atoms with E-state index in [1.807, 2.05) is 6.92 Å². The van der Waals surface area contributed by atoms with Gasteiger partial charge in [0.1, 0.15) is 5.76 Å². The standard InChI is InChI=1S/C16H18N2O4S/c1-12(15-4-2-10-22-15)17-16(19)13-5-7-14(8-6-13)18-9-3-11-23(18,20)21/h2,4-8,10,12H,3,9,11H2,1H3,(H,17,19). The Hall–Kier alpha value is -2.28. The van der Waals surface area contributed by atoms with E-state index in [1.54, 1.807) is 42.7 Å². The van der Waals surface area contributed by atoms with Gasteiger partial charge >= 0.3 is 0 Å². The van der Waals surface area contributed by atoms with Gasteiger partial charge in [0.15, 0.2) is 0 Å². The molecule has 1 fully saturated rings. The highest BCUT2D eigenvalue weighted by molar-refractivity contribution is 7.93. The Morgan fingerprint density at radius 2 is 2.00 bits per heavy atom. The highest BCUT2D eigenvalue weighted by Gasteiger charge is 2.28. The Balaban J connectivity index is 1.71. The molecular weight excluding hydrogens is 316 g/mol. The first-order chi connectivity index (χ1) is 11.0. The lowest BCUT2D eigenvalue weighted by molar-refractivity contribution is 0.0935. The molecule has 122 valence electrons. The second-order valence-electron chi connectivity index (χ2n) is 5.50. The van der Waals surface area contributed by atoms with Gasteiger partial charge < -0.3 is 9.73 Å². The maximum absolute atomic E-state index is 12.2. The van der Waals surface area contributed by atoms with Crippen molar-refractivity contribution in [2.24, 2.45) is 0 Å². The second kappa shape index (κ2) is 6.08. The van der Waals surface area contributed by atoms with Crippen molar-refractivity contribution < 1.29 is 17.6 Å². The van der Waals surface area contributed by atoms with Gasteiger partial charge in [-0.1, -0.05) is 0 Å². The van der Waals surface area contributed by atoms with E-state index in [-0.39, 0.29) is 17.7 Å². The van der Waals surface area contributed by atoms with E-state index in [0.29, 0.717) is 30.0 Å². The van der Waals surface area contributed by atoms with Crippen LogP contribution in [-0.2, 0) is 10.0 Å². The SMILES string of the molecule is CC(NC(=O)c1ccc(N2CCCS2(=O)=O)cc1)c1ccco1. The largest absolute Gasteiger partial charge is 0.467 e. The summed E-state index contributed by atoms with van der Waals surface area (Å²) in [6.45, 7) is 2.32. The molecule has 1 atom stereocenters. The van der Waals surface area contributed by atoms with E-state index in [2.05, 4.69) is 5.32 Å². The molecule has 1 aliphatic heterocycles. The summed E-state index contributed by atoms with van der Waals surface area (Å²) in [6, 6.07) is 9.91. The third kappa shape index (κ3) is 3.24. The number of sulfonamides is 1. The van der Waals surface area contributed by atoms with Gasteiger partial charge in [0.25, 0.3) is 5.91 Å². The van der Waals surface area contributed by atoms with Gasteiger partial charge in [-0.2, -0.15) is 0 Å². The number of nitrogens with one attached hydrogen (secondary N) is 1. The van der Waals surface area contributed by atoms with Gasteiger partial charge in [0.2, 0.25) is 10.0 Å². The van der Waals surface area contributed by atoms with Crippen LogP contribution in [0.2, 0.25) is 0 Å². The number of benzene rings is 1. The molecule has 1 saturated heterocycles. The van der Waals surface area contributed by atoms with Gasteiger partial charge in [-0.15, -0.1) is 0 Å². The van der Waals surface area contributed by atoms with E-state index in [0.717, 1.165) is 0 Å². The summed E-state index contributed by atoms with van der Waals surface area (Å²) in [5.74, 6) is 0.624. The van der Waals surface area contributed by atoms with Gasteiger partial charge in [0, 0.05) is 12.1 Å². The topological polar surface area (TPSA) is 79.6 Å². The van der Waals surface area contributed by atoms with Crippen LogP contribution in [0.15, 0.2) is 47.1 Å². The first-order valence-electron chi connectivity index (χ1n) is 7.42. The summed E-state index contributed by atoms with van der Waals surface area (Å²) in [4.78, 5) is 12.2. The van der Waals surface area contributed by atoms with Crippen molar-refractivity contribution in [1.82, 2.24) is 5.32 Å². The van der Waals surface area contributed by atoms with E-state index in [1.165, 1.54) is 4.31 Å². The van der Waals surface area contributed by atoms with Crippen molar-refractivity contribution in [3.05, 3.63) is 54.0 Å². The smallest absolute Gasteiger partial charge is 0.251 e. The van der Waals surface area contributed by atoms with Crippen molar-refractivity contribution in [3.63, 3.8) is 0 Å². The summed E-state index contributed by atoms with van der Waals surface area (Å²) in [5, 5.41) is 2.84. The Kier molecular flexibility index (Phi) is 4.12. The van der Waals surface area contributed by atoms with Crippen molar-refractivity contribution >= 4 is 21.6 Å². The fourth-order valence-electron chi connectivity index (χ4n) is 2.60. The summed E-state index contributed by atoms with van der Waals surface area (Å²) in [7, 11) is -3.20. The number of rotatable bonds is 4. The van der Waals surface area contributed by atoms with Crippen molar-refractivity contribution in [2.45, 2.75) is 19.4 Å². The molecule has 0 bridgehead atoms. The van der Waals surface area contributed by atoms with Gasteiger partial charge in [-0.05, 0) is 49.7 Å². The number of hydrogen-bond donors (Lipinski definition) is 1. The van der Waals surface area contributed by atoms with Crippen LogP contribution in [0.1, 0.15) is 35.5 Å². The van der Waals surface area contributed by atoms with Gasteiger partial charge in [-0.3, -0.25) is 9.10 Å². The first kappa shape index (κ1) is 15.6. The fourth-order valence-corrected chi connectivity index (χ4v) is 4.16. The van der Waals surface area contributed by atoms with E-state index in [4.69, 9.17) is 4.42 Å². The number of nitrogens with zero attached hydrogens (tertiary/aromatic N) is 1. The van der Waals surface area contributed by atoms with Crippen LogP contribution in [0.25, 0.3) is 0 Å². The third-order valence-corrected chi connectivity index (χ3v) is 5.70. The minimum absolute atomic E-state index is 0.176. The van der Waals surface area contributed by atoms with E-state index < -0.39 is 10.0 Å². The van der Waals surface area contributed by atoms with Gasteiger partial charge in [-0.25, -0.2) is 8.42 Å². The Morgan fingerprint density at radius 1 is 1.26 bits per heavy atom. The molecule has 1 aromatic carbocycles. The minimum Gasteiger partial charge on any atom is -0.467 e. The van der Waals surface area contributed by atoms with Crippen LogP contribution in [-0.4, -0.2) is 26.6 Å². The molecule has 23 heavy (non-hydrogen) atoms. The predicted octanol–water partition coefficient (Wildman–Crippen LogP) is 2.31. The monoisotopic (exact) mass is 334 g/mol. The predicted molar refractivity (Wildman–Crippen MR) is 86.8 cm³/mol. The average Bonchev–Trinajstić information content (AvgIpc) is 3.16. The Morgan fingerprint density at radius 3 is 2.57 bits per heavy atom. The molecule has 1 N–H and O–H groups in total. The normalized spacial score (nSPS) is 17.9. The number of hydrogen-bond acceptors (Lipinski definition) is 4. The van der Waals surface area contributed by atoms with Crippen molar-refractivity contribution in [1.29, 1.82) is 0 Å². The van der Waals surface area contributed by atoms with Crippen LogP contribution in [0.3, 0.4) is 0 Å². The third-order valence-electron chi connectivity index (χ3n) is 3.83. The van der Waals surface area contributed by atoms with Gasteiger partial charge in [0.05, 0.1) is 23.7 Å². The second-order valence-corrected chi connectivity index (χ2v) is 7.51. The van der Waals surface area contributed by atoms with E-state index >= 15 is 0 Å². The molecule has 0 aliphatic carbocycles. The average molecular weight is 334 g/mol. The maximum Gasteiger partial charge on any atom is 0.251 e. The number of carbonyl (C=O) groups is 1. The molecule has 1 unspecified atom stereocenters. The molecule has 1 amide bonds. The zero-order valence-corrected chi connectivity index (χ0v) is 13.5. The highest BCUT2D eigenvalue weighted by atomic mass is 32.2. The molecule has 7 heteroatoms. The number of amides is 1. The lowest BCUT2D eigenvalue weighted by Crippen LogP contribution is -2.27. The summed E-state index contributed by atoms with van der Waals surface area (Å²) in [6.07, 6.45) is 2.19. The molecule has 1 aliphatic rings. The van der Waals surface area contributed by atoms with Crippen molar-refractivity contribution in [2.75, 3.05) is 16.6 Å². The summed E-state index contributed by atoms with van der Waals surface area (Å²) >= 11 is 0. The zero-order chi connectivity index (χ0) is 16.4. The molecule has 0 radical (unpaired) electrons. The molecule has 1 aromatic heterocycles.